The van der Waals surface area contributed by atoms with Gasteiger partial charge in [0.1, 0.15) is 0 Å². The molecule has 1 rings (SSSR count). The molecule has 0 fully saturated rings. The van der Waals surface area contributed by atoms with E-state index in [1.54, 1.807) is 7.11 Å². The summed E-state index contributed by atoms with van der Waals surface area (Å²) in [6.07, 6.45) is 0. The summed E-state index contributed by atoms with van der Waals surface area (Å²) in [6, 6.07) is 10.1. The molecule has 0 aliphatic rings. The van der Waals surface area contributed by atoms with Crippen LogP contribution in [-0.4, -0.2) is 13.7 Å². The topological polar surface area (TPSA) is 9.23 Å². The molecule has 0 spiro atoms. The minimum Gasteiger partial charge on any atom is -1.48 e. The van der Waals surface area contributed by atoms with Crippen LogP contribution < -0.4 is 0 Å². The van der Waals surface area contributed by atoms with Crippen LogP contribution in [0.3, 0.4) is 0 Å². The highest BCUT2D eigenvalue weighted by Crippen LogP contribution is 2.21. The zero-order chi connectivity index (χ0) is 8.10. The van der Waals surface area contributed by atoms with Gasteiger partial charge in [-0.05, 0) is 0 Å². The van der Waals surface area contributed by atoms with Gasteiger partial charge >= 0.3 is 0 Å². The van der Waals surface area contributed by atoms with Crippen LogP contribution in [-0.2, 0) is 4.74 Å². The van der Waals surface area contributed by atoms with Crippen molar-refractivity contribution in [1.29, 1.82) is 0 Å². The van der Waals surface area contributed by atoms with Crippen molar-refractivity contribution >= 4 is 9.24 Å². The van der Waals surface area contributed by atoms with Crippen molar-refractivity contribution in [3.8, 4) is 0 Å². The molecule has 11 heavy (non-hydrogen) atoms. The van der Waals surface area contributed by atoms with Crippen molar-refractivity contribution in [3.63, 3.8) is 0 Å². The molecule has 0 aromatic heterocycles. The Bertz CT molecular complexity index is 198. The molecule has 1 aromatic rings. The van der Waals surface area contributed by atoms with Crippen molar-refractivity contribution in [2.24, 2.45) is 0 Å². The Morgan fingerprint density at radius 1 is 1.36 bits per heavy atom. The second-order valence-electron chi connectivity index (χ2n) is 2.38. The van der Waals surface area contributed by atoms with E-state index in [4.69, 9.17) is 4.74 Å². The molecule has 1 atom stereocenters. The van der Waals surface area contributed by atoms with Crippen LogP contribution in [0.4, 0.5) is 0 Å². The van der Waals surface area contributed by atoms with Crippen molar-refractivity contribution in [3.05, 3.63) is 35.9 Å². The first-order valence-electron chi connectivity index (χ1n) is 3.56. The van der Waals surface area contributed by atoms with E-state index in [1.165, 1.54) is 5.56 Å². The standard InChI is InChI=1S/C9H11OP/c1-10-7-9(11)8-5-3-2-4-6-8/h2-6,9H,7H2,1H3/q-2. The van der Waals surface area contributed by atoms with E-state index in [1.807, 2.05) is 18.2 Å². The lowest BCUT2D eigenvalue weighted by molar-refractivity contribution is 0.200. The average molecular weight is 166 g/mol. The summed E-state index contributed by atoms with van der Waals surface area (Å²) in [4.78, 5) is 0. The molecule has 0 heterocycles. The highest BCUT2D eigenvalue weighted by atomic mass is 31.0. The van der Waals surface area contributed by atoms with Gasteiger partial charge in [-0.2, -0.15) is 0 Å². The predicted molar refractivity (Wildman–Crippen MR) is 48.0 cm³/mol. The molecule has 0 amide bonds. The van der Waals surface area contributed by atoms with Gasteiger partial charge in [-0.1, -0.05) is 35.9 Å². The van der Waals surface area contributed by atoms with Gasteiger partial charge in [0.25, 0.3) is 0 Å². The second kappa shape index (κ2) is 4.48. The zero-order valence-corrected chi connectivity index (χ0v) is 7.42. The number of ether oxygens (including phenoxy) is 1. The third-order valence-electron chi connectivity index (χ3n) is 1.51. The number of methoxy groups -OCH3 is 1. The van der Waals surface area contributed by atoms with Gasteiger partial charge in [0, 0.05) is 13.7 Å². The first-order valence-corrected chi connectivity index (χ1v) is 4.08. The van der Waals surface area contributed by atoms with Crippen molar-refractivity contribution < 1.29 is 4.74 Å². The Hall–Kier alpha value is -0.390. The van der Waals surface area contributed by atoms with Crippen LogP contribution in [0, 0.1) is 0 Å². The van der Waals surface area contributed by atoms with Crippen LogP contribution >= 0.6 is 9.24 Å². The van der Waals surface area contributed by atoms with Crippen LogP contribution in [0.2, 0.25) is 0 Å². The Labute approximate surface area is 70.0 Å². The maximum absolute atomic E-state index is 4.98. The maximum atomic E-state index is 4.98. The summed E-state index contributed by atoms with van der Waals surface area (Å²) >= 11 is 0. The van der Waals surface area contributed by atoms with Crippen LogP contribution in [0.25, 0.3) is 0 Å². The Morgan fingerprint density at radius 2 is 2.00 bits per heavy atom. The first kappa shape index (κ1) is 8.70. The Morgan fingerprint density at radius 3 is 2.55 bits per heavy atom. The van der Waals surface area contributed by atoms with Crippen LogP contribution in [0.15, 0.2) is 30.3 Å². The molecular weight excluding hydrogens is 155 g/mol. The molecule has 0 aliphatic carbocycles. The number of rotatable bonds is 3. The van der Waals surface area contributed by atoms with E-state index < -0.39 is 0 Å². The van der Waals surface area contributed by atoms with E-state index in [-0.39, 0.29) is 5.66 Å². The fraction of sp³-hybridized carbons (Fsp3) is 0.333. The second-order valence-corrected chi connectivity index (χ2v) is 3.01. The summed E-state index contributed by atoms with van der Waals surface area (Å²) < 4.78 is 4.98. The lowest BCUT2D eigenvalue weighted by atomic mass is 10.1. The molecule has 2 heteroatoms. The predicted octanol–water partition coefficient (Wildman–Crippen LogP) is 2.78. The number of hydrogen-bond acceptors (Lipinski definition) is 1. The zero-order valence-electron chi connectivity index (χ0n) is 6.53. The lowest BCUT2D eigenvalue weighted by Crippen LogP contribution is -1.97. The monoisotopic (exact) mass is 166 g/mol. The van der Waals surface area contributed by atoms with Crippen LogP contribution in [0.5, 0.6) is 0 Å². The minimum atomic E-state index is 0.196. The molecule has 0 saturated carbocycles. The molecule has 1 aromatic carbocycles. The molecule has 0 bridgehead atoms. The number of hydrogen-bond donors (Lipinski definition) is 0. The van der Waals surface area contributed by atoms with Crippen molar-refractivity contribution in [1.82, 2.24) is 0 Å². The van der Waals surface area contributed by atoms with Gasteiger partial charge in [-0.25, -0.2) is 0 Å². The van der Waals surface area contributed by atoms with Crippen LogP contribution in [0.1, 0.15) is 11.2 Å². The molecule has 1 unspecified atom stereocenters. The lowest BCUT2D eigenvalue weighted by Gasteiger charge is -2.45. The smallest absolute Gasteiger partial charge is 0.0353 e. The quantitative estimate of drug-likeness (QED) is 0.627. The highest BCUT2D eigenvalue weighted by molar-refractivity contribution is 7.17. The van der Waals surface area contributed by atoms with E-state index >= 15 is 0 Å². The van der Waals surface area contributed by atoms with Gasteiger partial charge in [0.2, 0.25) is 0 Å². The van der Waals surface area contributed by atoms with Gasteiger partial charge in [-0.15, -0.1) is 0 Å². The molecular formula is C9H11OP-2. The minimum absolute atomic E-state index is 0.196. The molecule has 60 valence electrons. The maximum Gasteiger partial charge on any atom is 0.0353 e. The largest absolute Gasteiger partial charge is 1.48 e. The van der Waals surface area contributed by atoms with E-state index in [0.29, 0.717) is 6.61 Å². The summed E-state index contributed by atoms with van der Waals surface area (Å²) in [5, 5.41) is 0. The highest BCUT2D eigenvalue weighted by Gasteiger charge is 1.85. The SMILES string of the molecule is COCC([P-2])c1ccccc1. The average Bonchev–Trinajstić information content (AvgIpc) is 2.07. The summed E-state index contributed by atoms with van der Waals surface area (Å²) in [7, 11) is 6.06. The van der Waals surface area contributed by atoms with E-state index in [0.717, 1.165) is 0 Å². The number of benzene rings is 1. The third kappa shape index (κ3) is 2.61. The van der Waals surface area contributed by atoms with Crippen molar-refractivity contribution in [2.45, 2.75) is 5.66 Å². The molecule has 0 saturated heterocycles. The molecule has 1 nitrogen and oxygen atoms in total. The summed E-state index contributed by atoms with van der Waals surface area (Å²) in [6.45, 7) is 0.660. The van der Waals surface area contributed by atoms with Gasteiger partial charge in [0.15, 0.2) is 0 Å². The molecule has 0 aliphatic heterocycles. The Balaban J connectivity index is 2.61. The van der Waals surface area contributed by atoms with Crippen molar-refractivity contribution in [2.75, 3.05) is 13.7 Å². The molecule has 0 N–H and O–H groups in total. The summed E-state index contributed by atoms with van der Waals surface area (Å²) in [5.74, 6) is 0. The first-order chi connectivity index (χ1) is 5.34. The fourth-order valence-corrected chi connectivity index (χ4v) is 1.25. The normalized spacial score (nSPS) is 12.9. The van der Waals surface area contributed by atoms with Gasteiger partial charge in [-0.3, -0.25) is 0 Å². The fourth-order valence-electron chi connectivity index (χ4n) is 0.929. The Kier molecular flexibility index (Phi) is 3.55. The van der Waals surface area contributed by atoms with Gasteiger partial charge < -0.3 is 19.6 Å². The summed E-state index contributed by atoms with van der Waals surface area (Å²) in [5.41, 5.74) is 1.40. The van der Waals surface area contributed by atoms with Gasteiger partial charge in [0.05, 0.1) is 0 Å². The van der Waals surface area contributed by atoms with E-state index in [2.05, 4.69) is 21.4 Å². The molecule has 0 radical (unpaired) electrons. The third-order valence-corrected chi connectivity index (χ3v) is 1.96. The van der Waals surface area contributed by atoms with E-state index in [9.17, 15) is 0 Å².